The highest BCUT2D eigenvalue weighted by molar-refractivity contribution is 7.10. The van der Waals surface area contributed by atoms with Gasteiger partial charge in [0.25, 0.3) is 0 Å². The summed E-state index contributed by atoms with van der Waals surface area (Å²) in [7, 11) is 2.06. The Kier molecular flexibility index (Phi) is 3.24. The van der Waals surface area contributed by atoms with Crippen molar-refractivity contribution in [2.75, 3.05) is 13.6 Å². The molecule has 0 saturated carbocycles. The van der Waals surface area contributed by atoms with Crippen molar-refractivity contribution in [3.05, 3.63) is 21.4 Å². The Morgan fingerprint density at radius 3 is 3.14 bits per heavy atom. The molecule has 2 rings (SSSR count). The predicted molar refractivity (Wildman–Crippen MR) is 63.3 cm³/mol. The standard InChI is InChI=1S/C12H19NS/c1-3-9-8-14-12-10(7-13-2)5-4-6-11(9)12/h8,10,13H,3-7H2,1-2H3. The third-order valence-electron chi connectivity index (χ3n) is 3.19. The molecule has 1 N–H and O–H groups in total. The zero-order chi connectivity index (χ0) is 9.97. The van der Waals surface area contributed by atoms with Crippen LogP contribution in [-0.4, -0.2) is 13.6 Å². The van der Waals surface area contributed by atoms with Gasteiger partial charge in [0.2, 0.25) is 0 Å². The van der Waals surface area contributed by atoms with E-state index in [1.54, 1.807) is 16.0 Å². The van der Waals surface area contributed by atoms with E-state index in [1.165, 1.54) is 25.7 Å². The number of hydrogen-bond acceptors (Lipinski definition) is 2. The smallest absolute Gasteiger partial charge is 0.0124 e. The van der Waals surface area contributed by atoms with Gasteiger partial charge >= 0.3 is 0 Å². The topological polar surface area (TPSA) is 12.0 Å². The number of fused-ring (bicyclic) bond motifs is 1. The number of hydrogen-bond donors (Lipinski definition) is 1. The van der Waals surface area contributed by atoms with E-state index in [4.69, 9.17) is 0 Å². The van der Waals surface area contributed by atoms with Crippen molar-refractivity contribution in [2.24, 2.45) is 0 Å². The molecule has 1 aliphatic carbocycles. The lowest BCUT2D eigenvalue weighted by Gasteiger charge is -2.22. The molecule has 1 aromatic rings. The summed E-state index contributed by atoms with van der Waals surface area (Å²) in [4.78, 5) is 1.67. The van der Waals surface area contributed by atoms with Gasteiger partial charge in [-0.2, -0.15) is 0 Å². The number of aryl methyl sites for hydroxylation is 1. The Balaban J connectivity index is 2.26. The van der Waals surface area contributed by atoms with E-state index >= 15 is 0 Å². The zero-order valence-corrected chi connectivity index (χ0v) is 9.91. The summed E-state index contributed by atoms with van der Waals surface area (Å²) >= 11 is 1.98. The summed E-state index contributed by atoms with van der Waals surface area (Å²) in [6, 6.07) is 0. The minimum Gasteiger partial charge on any atom is -0.319 e. The first kappa shape index (κ1) is 10.2. The Morgan fingerprint density at radius 1 is 1.57 bits per heavy atom. The van der Waals surface area contributed by atoms with Gasteiger partial charge in [-0.3, -0.25) is 0 Å². The van der Waals surface area contributed by atoms with Crippen LogP contribution in [-0.2, 0) is 12.8 Å². The van der Waals surface area contributed by atoms with Gasteiger partial charge in [0, 0.05) is 17.3 Å². The van der Waals surface area contributed by atoms with Crippen LogP contribution in [0.15, 0.2) is 5.38 Å². The fourth-order valence-corrected chi connectivity index (χ4v) is 3.80. The quantitative estimate of drug-likeness (QED) is 0.807. The van der Waals surface area contributed by atoms with E-state index in [-0.39, 0.29) is 0 Å². The molecular weight excluding hydrogens is 190 g/mol. The van der Waals surface area contributed by atoms with Crippen LogP contribution in [0.3, 0.4) is 0 Å². The van der Waals surface area contributed by atoms with E-state index in [2.05, 4.69) is 24.7 Å². The summed E-state index contributed by atoms with van der Waals surface area (Å²) in [6.45, 7) is 3.42. The van der Waals surface area contributed by atoms with Gasteiger partial charge in [0.15, 0.2) is 0 Å². The average molecular weight is 209 g/mol. The van der Waals surface area contributed by atoms with Crippen molar-refractivity contribution in [1.82, 2.24) is 5.32 Å². The Morgan fingerprint density at radius 2 is 2.43 bits per heavy atom. The van der Waals surface area contributed by atoms with Crippen LogP contribution in [0, 0.1) is 0 Å². The second kappa shape index (κ2) is 4.45. The third kappa shape index (κ3) is 1.73. The van der Waals surface area contributed by atoms with E-state index < -0.39 is 0 Å². The van der Waals surface area contributed by atoms with Crippen molar-refractivity contribution >= 4 is 11.3 Å². The van der Waals surface area contributed by atoms with Crippen molar-refractivity contribution in [3.8, 4) is 0 Å². The Bertz CT molecular complexity index is 303. The molecular formula is C12H19NS. The second-order valence-electron chi connectivity index (χ2n) is 4.10. The largest absolute Gasteiger partial charge is 0.319 e. The summed E-state index contributed by atoms with van der Waals surface area (Å²) in [6.07, 6.45) is 5.28. The molecule has 1 aliphatic rings. The van der Waals surface area contributed by atoms with Crippen LogP contribution in [0.2, 0.25) is 0 Å². The molecule has 0 amide bonds. The van der Waals surface area contributed by atoms with Crippen LogP contribution in [0.1, 0.15) is 41.7 Å². The lowest BCUT2D eigenvalue weighted by molar-refractivity contribution is 0.536. The number of likely N-dealkylation sites (N-methyl/N-ethyl adjacent to an activating group) is 1. The molecule has 0 fully saturated rings. The molecule has 78 valence electrons. The molecule has 0 spiro atoms. The maximum absolute atomic E-state index is 3.31. The lowest BCUT2D eigenvalue weighted by Crippen LogP contribution is -2.20. The minimum atomic E-state index is 0.786. The molecule has 0 saturated heterocycles. The number of rotatable bonds is 3. The monoisotopic (exact) mass is 209 g/mol. The zero-order valence-electron chi connectivity index (χ0n) is 9.10. The molecule has 1 unspecified atom stereocenters. The highest BCUT2D eigenvalue weighted by atomic mass is 32.1. The molecule has 0 aliphatic heterocycles. The fourth-order valence-electron chi connectivity index (χ4n) is 2.46. The van der Waals surface area contributed by atoms with Gasteiger partial charge < -0.3 is 5.32 Å². The van der Waals surface area contributed by atoms with Gasteiger partial charge in [-0.05, 0) is 49.2 Å². The van der Waals surface area contributed by atoms with Gasteiger partial charge in [-0.15, -0.1) is 11.3 Å². The average Bonchev–Trinajstić information content (AvgIpc) is 2.62. The highest BCUT2D eigenvalue weighted by Crippen LogP contribution is 2.37. The maximum Gasteiger partial charge on any atom is 0.0124 e. The molecule has 1 atom stereocenters. The summed E-state index contributed by atoms with van der Waals surface area (Å²) in [5.41, 5.74) is 3.29. The minimum absolute atomic E-state index is 0.786. The Hall–Kier alpha value is -0.340. The molecule has 1 nitrogen and oxygen atoms in total. The van der Waals surface area contributed by atoms with Crippen LogP contribution in [0.4, 0.5) is 0 Å². The van der Waals surface area contributed by atoms with Crippen molar-refractivity contribution in [2.45, 2.75) is 38.5 Å². The molecule has 14 heavy (non-hydrogen) atoms. The van der Waals surface area contributed by atoms with Crippen LogP contribution >= 0.6 is 11.3 Å². The van der Waals surface area contributed by atoms with Gasteiger partial charge in [-0.25, -0.2) is 0 Å². The van der Waals surface area contributed by atoms with Gasteiger partial charge in [-0.1, -0.05) is 6.92 Å². The van der Waals surface area contributed by atoms with Crippen molar-refractivity contribution in [3.63, 3.8) is 0 Å². The SMILES string of the molecule is CCc1csc2c1CCCC2CNC. The molecule has 1 heterocycles. The molecule has 2 heteroatoms. The lowest BCUT2D eigenvalue weighted by atomic mass is 9.87. The first-order valence-electron chi connectivity index (χ1n) is 5.60. The summed E-state index contributed by atoms with van der Waals surface area (Å²) in [5.74, 6) is 0.786. The van der Waals surface area contributed by atoms with Crippen molar-refractivity contribution < 1.29 is 0 Å². The normalized spacial score (nSPS) is 20.9. The summed E-state index contributed by atoms with van der Waals surface area (Å²) < 4.78 is 0. The number of nitrogens with one attached hydrogen (secondary N) is 1. The van der Waals surface area contributed by atoms with E-state index in [1.807, 2.05) is 11.3 Å². The molecule has 0 bridgehead atoms. The Labute approximate surface area is 90.5 Å². The molecule has 0 radical (unpaired) electrons. The molecule has 1 aromatic heterocycles. The maximum atomic E-state index is 3.31. The van der Waals surface area contributed by atoms with E-state index in [0.717, 1.165) is 12.5 Å². The van der Waals surface area contributed by atoms with Gasteiger partial charge in [0.1, 0.15) is 0 Å². The third-order valence-corrected chi connectivity index (χ3v) is 4.43. The van der Waals surface area contributed by atoms with Crippen LogP contribution < -0.4 is 5.32 Å². The summed E-state index contributed by atoms with van der Waals surface area (Å²) in [5, 5.41) is 5.69. The highest BCUT2D eigenvalue weighted by Gasteiger charge is 2.22. The second-order valence-corrected chi connectivity index (χ2v) is 5.02. The van der Waals surface area contributed by atoms with Crippen molar-refractivity contribution in [1.29, 1.82) is 0 Å². The van der Waals surface area contributed by atoms with E-state index in [9.17, 15) is 0 Å². The first-order valence-corrected chi connectivity index (χ1v) is 6.48. The van der Waals surface area contributed by atoms with Crippen LogP contribution in [0.5, 0.6) is 0 Å². The first-order chi connectivity index (χ1) is 6.86. The fraction of sp³-hybridized carbons (Fsp3) is 0.667. The van der Waals surface area contributed by atoms with E-state index in [0.29, 0.717) is 0 Å². The number of thiophene rings is 1. The predicted octanol–water partition coefficient (Wildman–Crippen LogP) is 2.95. The van der Waals surface area contributed by atoms with Gasteiger partial charge in [0.05, 0.1) is 0 Å². The van der Waals surface area contributed by atoms with Crippen LogP contribution in [0.25, 0.3) is 0 Å². The molecule has 0 aromatic carbocycles.